The quantitative estimate of drug-likeness (QED) is 0.778. The Kier molecular flexibility index (Phi) is 5.16. The van der Waals surface area contributed by atoms with Crippen LogP contribution in [0.3, 0.4) is 0 Å². The highest BCUT2D eigenvalue weighted by Crippen LogP contribution is 2.30. The molecule has 0 saturated heterocycles. The van der Waals surface area contributed by atoms with Crippen molar-refractivity contribution in [2.24, 2.45) is 5.41 Å². The molecule has 2 rings (SSSR count). The van der Waals surface area contributed by atoms with Crippen LogP contribution in [0.4, 0.5) is 4.39 Å². The number of esters is 1. The zero-order valence-corrected chi connectivity index (χ0v) is 14.8. The number of nitrogens with zero attached hydrogens (tertiary/aromatic N) is 1. The minimum atomic E-state index is -0.595. The summed E-state index contributed by atoms with van der Waals surface area (Å²) < 4.78 is 25.2. The van der Waals surface area contributed by atoms with Gasteiger partial charge < -0.3 is 14.4 Å². The molecular weight excluding hydrogens is 313 g/mol. The summed E-state index contributed by atoms with van der Waals surface area (Å²) in [5.41, 5.74) is -0.163. The molecule has 0 unspecified atom stereocenters. The van der Waals surface area contributed by atoms with E-state index in [1.807, 2.05) is 20.8 Å². The lowest BCUT2D eigenvalue weighted by molar-refractivity contribution is -0.140. The van der Waals surface area contributed by atoms with Gasteiger partial charge in [0.1, 0.15) is 18.2 Å². The van der Waals surface area contributed by atoms with Gasteiger partial charge in [-0.3, -0.25) is 4.79 Å². The molecule has 5 nitrogen and oxygen atoms in total. The fourth-order valence-electron chi connectivity index (χ4n) is 2.48. The molecule has 0 bridgehead atoms. The van der Waals surface area contributed by atoms with Crippen molar-refractivity contribution >= 4 is 11.9 Å². The topological polar surface area (TPSA) is 55.8 Å². The standard InChI is InChI=1S/C18H24FNO4/c1-11(2)24-16(21)12-8-14(19)13-10-20(17(22)18(3,4)5)6-7-23-15(13)9-12/h8-9,11H,6-7,10H2,1-5H3. The Morgan fingerprint density at radius 1 is 1.29 bits per heavy atom. The zero-order chi connectivity index (χ0) is 18.1. The SMILES string of the molecule is CC(C)OC(=O)c1cc(F)c2c(c1)OCCN(C(=O)C(C)(C)C)C2. The molecule has 1 amide bonds. The molecule has 1 aromatic carbocycles. The second-order valence-electron chi connectivity index (χ2n) is 7.21. The van der Waals surface area contributed by atoms with Crippen LogP contribution in [0.25, 0.3) is 0 Å². The molecule has 0 saturated carbocycles. The van der Waals surface area contributed by atoms with E-state index >= 15 is 0 Å². The van der Waals surface area contributed by atoms with E-state index < -0.39 is 17.2 Å². The first-order valence-corrected chi connectivity index (χ1v) is 8.05. The molecule has 6 heteroatoms. The fraction of sp³-hybridized carbons (Fsp3) is 0.556. The Balaban J connectivity index is 2.31. The largest absolute Gasteiger partial charge is 0.491 e. The van der Waals surface area contributed by atoms with Gasteiger partial charge in [-0.15, -0.1) is 0 Å². The van der Waals surface area contributed by atoms with Crippen molar-refractivity contribution < 1.29 is 23.5 Å². The molecule has 0 atom stereocenters. The maximum atomic E-state index is 14.5. The molecule has 1 aliphatic rings. The summed E-state index contributed by atoms with van der Waals surface area (Å²) in [6, 6.07) is 2.62. The number of benzene rings is 1. The molecule has 132 valence electrons. The number of hydrogen-bond acceptors (Lipinski definition) is 4. The predicted octanol–water partition coefficient (Wildman–Crippen LogP) is 3.16. The molecule has 0 radical (unpaired) electrons. The molecular formula is C18H24FNO4. The highest BCUT2D eigenvalue weighted by molar-refractivity contribution is 5.90. The number of hydrogen-bond donors (Lipinski definition) is 0. The van der Waals surface area contributed by atoms with E-state index in [4.69, 9.17) is 9.47 Å². The molecule has 0 spiro atoms. The van der Waals surface area contributed by atoms with Gasteiger partial charge in [0, 0.05) is 11.0 Å². The Labute approximate surface area is 141 Å². The lowest BCUT2D eigenvalue weighted by Gasteiger charge is -2.28. The van der Waals surface area contributed by atoms with Crippen molar-refractivity contribution in [1.82, 2.24) is 4.90 Å². The summed E-state index contributed by atoms with van der Waals surface area (Å²) in [6.07, 6.45) is -0.291. The first-order chi connectivity index (χ1) is 11.1. The highest BCUT2D eigenvalue weighted by Gasteiger charge is 2.30. The average Bonchev–Trinajstić information content (AvgIpc) is 2.67. The van der Waals surface area contributed by atoms with Crippen LogP contribution in [-0.2, 0) is 16.1 Å². The lowest BCUT2D eigenvalue weighted by atomic mass is 9.94. The normalized spacial score (nSPS) is 14.7. The first-order valence-electron chi connectivity index (χ1n) is 8.05. The van der Waals surface area contributed by atoms with E-state index in [0.717, 1.165) is 6.07 Å². The van der Waals surface area contributed by atoms with Gasteiger partial charge in [0.05, 0.1) is 24.8 Å². The van der Waals surface area contributed by atoms with Gasteiger partial charge in [-0.2, -0.15) is 0 Å². The summed E-state index contributed by atoms with van der Waals surface area (Å²) in [4.78, 5) is 26.0. The average molecular weight is 337 g/mol. The van der Waals surface area contributed by atoms with Gasteiger partial charge in [0.15, 0.2) is 0 Å². The van der Waals surface area contributed by atoms with Crippen molar-refractivity contribution in [3.63, 3.8) is 0 Å². The fourth-order valence-corrected chi connectivity index (χ4v) is 2.48. The number of halogens is 1. The van der Waals surface area contributed by atoms with E-state index in [2.05, 4.69) is 0 Å². The van der Waals surface area contributed by atoms with E-state index in [1.54, 1.807) is 18.7 Å². The first kappa shape index (κ1) is 18.2. The number of rotatable bonds is 2. The van der Waals surface area contributed by atoms with Gasteiger partial charge in [0.25, 0.3) is 0 Å². The number of carbonyl (C=O) groups is 2. The van der Waals surface area contributed by atoms with E-state index in [1.165, 1.54) is 6.07 Å². The molecule has 0 aromatic heterocycles. The Morgan fingerprint density at radius 3 is 2.54 bits per heavy atom. The third-order valence-electron chi connectivity index (χ3n) is 3.63. The van der Waals surface area contributed by atoms with Crippen LogP contribution in [0.15, 0.2) is 12.1 Å². The molecule has 1 aromatic rings. The molecule has 0 N–H and O–H groups in total. The summed E-state index contributed by atoms with van der Waals surface area (Å²) in [5.74, 6) is -0.949. The van der Waals surface area contributed by atoms with Gasteiger partial charge in [-0.25, -0.2) is 9.18 Å². The van der Waals surface area contributed by atoms with Crippen LogP contribution in [0.5, 0.6) is 5.75 Å². The second-order valence-corrected chi connectivity index (χ2v) is 7.21. The summed E-state index contributed by atoms with van der Waals surface area (Å²) in [6.45, 7) is 9.66. The molecule has 1 aliphatic heterocycles. The minimum Gasteiger partial charge on any atom is -0.491 e. The maximum Gasteiger partial charge on any atom is 0.338 e. The van der Waals surface area contributed by atoms with Crippen molar-refractivity contribution in [1.29, 1.82) is 0 Å². The van der Waals surface area contributed by atoms with Crippen LogP contribution in [0, 0.1) is 11.2 Å². The van der Waals surface area contributed by atoms with E-state index in [9.17, 15) is 14.0 Å². The zero-order valence-electron chi connectivity index (χ0n) is 14.8. The highest BCUT2D eigenvalue weighted by atomic mass is 19.1. The van der Waals surface area contributed by atoms with Crippen molar-refractivity contribution in [2.75, 3.05) is 13.2 Å². The van der Waals surface area contributed by atoms with Crippen LogP contribution in [0.1, 0.15) is 50.5 Å². The molecule has 0 fully saturated rings. The predicted molar refractivity (Wildman–Crippen MR) is 87.3 cm³/mol. The van der Waals surface area contributed by atoms with Crippen LogP contribution < -0.4 is 4.74 Å². The number of amides is 1. The number of ether oxygens (including phenoxy) is 2. The maximum absolute atomic E-state index is 14.5. The summed E-state index contributed by atoms with van der Waals surface area (Å²) in [7, 11) is 0. The Bertz CT molecular complexity index is 649. The van der Waals surface area contributed by atoms with Gasteiger partial charge in [-0.1, -0.05) is 20.8 Å². The summed E-state index contributed by atoms with van der Waals surface area (Å²) in [5, 5.41) is 0. The van der Waals surface area contributed by atoms with Gasteiger partial charge >= 0.3 is 5.97 Å². The molecule has 0 aliphatic carbocycles. The van der Waals surface area contributed by atoms with Crippen LogP contribution in [0.2, 0.25) is 0 Å². The van der Waals surface area contributed by atoms with Crippen molar-refractivity contribution in [2.45, 2.75) is 47.3 Å². The molecule has 24 heavy (non-hydrogen) atoms. The Hall–Kier alpha value is -2.11. The Morgan fingerprint density at radius 2 is 1.96 bits per heavy atom. The van der Waals surface area contributed by atoms with Gasteiger partial charge in [-0.05, 0) is 26.0 Å². The minimum absolute atomic E-state index is 0.0679. The number of fused-ring (bicyclic) bond motifs is 1. The third kappa shape index (κ3) is 4.04. The van der Waals surface area contributed by atoms with Gasteiger partial charge in [0.2, 0.25) is 5.91 Å². The number of carbonyl (C=O) groups excluding carboxylic acids is 2. The van der Waals surface area contributed by atoms with Crippen LogP contribution >= 0.6 is 0 Å². The smallest absolute Gasteiger partial charge is 0.338 e. The van der Waals surface area contributed by atoms with E-state index in [0.29, 0.717) is 6.54 Å². The lowest BCUT2D eigenvalue weighted by Crippen LogP contribution is -2.40. The summed E-state index contributed by atoms with van der Waals surface area (Å²) >= 11 is 0. The van der Waals surface area contributed by atoms with E-state index in [-0.39, 0.29) is 42.0 Å². The van der Waals surface area contributed by atoms with Crippen LogP contribution in [-0.4, -0.2) is 36.0 Å². The third-order valence-corrected chi connectivity index (χ3v) is 3.63. The van der Waals surface area contributed by atoms with Crippen molar-refractivity contribution in [3.05, 3.63) is 29.1 Å². The second kappa shape index (κ2) is 6.79. The monoisotopic (exact) mass is 337 g/mol. The van der Waals surface area contributed by atoms with Crippen molar-refractivity contribution in [3.8, 4) is 5.75 Å². The molecule has 1 heterocycles.